The van der Waals surface area contributed by atoms with Crippen molar-refractivity contribution in [2.24, 2.45) is 5.92 Å². The van der Waals surface area contributed by atoms with Gasteiger partial charge in [0.05, 0.1) is 12.2 Å². The van der Waals surface area contributed by atoms with E-state index in [0.29, 0.717) is 35.1 Å². The molecule has 0 saturated heterocycles. The van der Waals surface area contributed by atoms with E-state index in [1.165, 1.54) is 25.0 Å². The van der Waals surface area contributed by atoms with Gasteiger partial charge >= 0.3 is 5.97 Å². The van der Waals surface area contributed by atoms with E-state index in [0.717, 1.165) is 0 Å². The number of hydrogen-bond donors (Lipinski definition) is 3. The monoisotopic (exact) mass is 368 g/mol. The lowest BCUT2D eigenvalue weighted by Gasteiger charge is -2.11. The molecule has 2 aromatic rings. The highest BCUT2D eigenvalue weighted by Crippen LogP contribution is 2.30. The first kappa shape index (κ1) is 18.4. The summed E-state index contributed by atoms with van der Waals surface area (Å²) >= 11 is 0. The van der Waals surface area contributed by atoms with Crippen molar-refractivity contribution in [1.29, 1.82) is 0 Å². The molecule has 27 heavy (non-hydrogen) atoms. The topological polar surface area (TPSA) is 105 Å². The number of nitrogens with one attached hydrogen (secondary N) is 2. The normalized spacial score (nSPS) is 12.9. The van der Waals surface area contributed by atoms with Gasteiger partial charge in [0.15, 0.2) is 0 Å². The Labute approximate surface area is 156 Å². The van der Waals surface area contributed by atoms with Crippen LogP contribution in [0.25, 0.3) is 0 Å². The Kier molecular flexibility index (Phi) is 5.71. The fraction of sp³-hybridized carbons (Fsp3) is 0.250. The highest BCUT2D eigenvalue weighted by molar-refractivity contribution is 6.06. The van der Waals surface area contributed by atoms with Crippen LogP contribution < -0.4 is 15.4 Å². The number of para-hydroxylation sites is 1. The second kappa shape index (κ2) is 8.35. The van der Waals surface area contributed by atoms with Crippen LogP contribution in [0.15, 0.2) is 48.5 Å². The van der Waals surface area contributed by atoms with Gasteiger partial charge in [-0.05, 0) is 55.2 Å². The zero-order chi connectivity index (χ0) is 19.2. The lowest BCUT2D eigenvalue weighted by molar-refractivity contribution is -0.135. The van der Waals surface area contributed by atoms with Crippen molar-refractivity contribution < 1.29 is 24.2 Å². The molecule has 0 aromatic heterocycles. The van der Waals surface area contributed by atoms with Gasteiger partial charge in [0.2, 0.25) is 0 Å². The van der Waals surface area contributed by atoms with Gasteiger partial charge in [-0.25, -0.2) is 0 Å². The number of aliphatic carboxylic acids is 1. The van der Waals surface area contributed by atoms with Crippen molar-refractivity contribution >= 4 is 23.5 Å². The van der Waals surface area contributed by atoms with Gasteiger partial charge in [-0.3, -0.25) is 14.4 Å². The van der Waals surface area contributed by atoms with Crippen molar-refractivity contribution in [2.75, 3.05) is 18.5 Å². The fourth-order valence-corrected chi connectivity index (χ4v) is 2.43. The summed E-state index contributed by atoms with van der Waals surface area (Å²) in [5, 5.41) is 13.6. The lowest BCUT2D eigenvalue weighted by atomic mass is 10.1. The molecule has 0 radical (unpaired) electrons. The van der Waals surface area contributed by atoms with Crippen LogP contribution in [0, 0.1) is 5.92 Å². The van der Waals surface area contributed by atoms with E-state index < -0.39 is 18.4 Å². The largest absolute Gasteiger partial charge is 0.492 e. The number of amides is 2. The second-order valence-corrected chi connectivity index (χ2v) is 6.36. The third-order valence-electron chi connectivity index (χ3n) is 4.11. The Bertz CT molecular complexity index is 844. The molecule has 0 bridgehead atoms. The Morgan fingerprint density at radius 2 is 1.70 bits per heavy atom. The van der Waals surface area contributed by atoms with Crippen LogP contribution in [0.5, 0.6) is 5.75 Å². The number of ether oxygens (including phenoxy) is 1. The van der Waals surface area contributed by atoms with E-state index in [9.17, 15) is 14.4 Å². The molecule has 1 fully saturated rings. The minimum absolute atomic E-state index is 0.301. The molecule has 2 aromatic carbocycles. The van der Waals surface area contributed by atoms with Crippen LogP contribution in [-0.2, 0) is 4.79 Å². The number of carbonyl (C=O) groups excluding carboxylic acids is 2. The van der Waals surface area contributed by atoms with Gasteiger partial charge in [-0.2, -0.15) is 0 Å². The zero-order valence-electron chi connectivity index (χ0n) is 14.6. The SMILES string of the molecule is O=C(O)CNC(=O)c1ccc(NC(=O)c2ccccc2OCC2CC2)cc1. The van der Waals surface area contributed by atoms with Crippen molar-refractivity contribution in [3.8, 4) is 5.75 Å². The van der Waals surface area contributed by atoms with E-state index in [1.807, 2.05) is 6.07 Å². The number of anilines is 1. The number of benzene rings is 2. The molecule has 1 aliphatic rings. The molecule has 0 heterocycles. The van der Waals surface area contributed by atoms with Crippen molar-refractivity contribution in [2.45, 2.75) is 12.8 Å². The van der Waals surface area contributed by atoms with Gasteiger partial charge in [-0.15, -0.1) is 0 Å². The van der Waals surface area contributed by atoms with E-state index >= 15 is 0 Å². The number of carbonyl (C=O) groups is 3. The first-order valence-corrected chi connectivity index (χ1v) is 8.66. The van der Waals surface area contributed by atoms with Crippen LogP contribution >= 0.6 is 0 Å². The highest BCUT2D eigenvalue weighted by atomic mass is 16.5. The molecule has 0 aliphatic heterocycles. The average molecular weight is 368 g/mol. The minimum atomic E-state index is -1.12. The molecule has 0 unspecified atom stereocenters. The summed E-state index contributed by atoms with van der Waals surface area (Å²) in [6.45, 7) is 0.166. The Morgan fingerprint density at radius 1 is 1.00 bits per heavy atom. The summed E-state index contributed by atoms with van der Waals surface area (Å²) in [6.07, 6.45) is 2.33. The maximum atomic E-state index is 12.6. The number of carboxylic acids is 1. The molecule has 3 N–H and O–H groups in total. The quantitative estimate of drug-likeness (QED) is 0.664. The predicted molar refractivity (Wildman–Crippen MR) is 99.0 cm³/mol. The molecular formula is C20H20N2O5. The molecule has 3 rings (SSSR count). The average Bonchev–Trinajstić information content (AvgIpc) is 3.49. The van der Waals surface area contributed by atoms with Crippen LogP contribution in [0.3, 0.4) is 0 Å². The predicted octanol–water partition coefficient (Wildman–Crippen LogP) is 2.54. The van der Waals surface area contributed by atoms with Gasteiger partial charge < -0.3 is 20.5 Å². The molecule has 140 valence electrons. The number of rotatable bonds is 8. The maximum absolute atomic E-state index is 12.6. The van der Waals surface area contributed by atoms with Crippen LogP contribution in [-0.4, -0.2) is 36.0 Å². The zero-order valence-corrected chi connectivity index (χ0v) is 14.6. The summed E-state index contributed by atoms with van der Waals surface area (Å²) in [4.78, 5) is 34.8. The van der Waals surface area contributed by atoms with Crippen molar-refractivity contribution in [1.82, 2.24) is 5.32 Å². The summed E-state index contributed by atoms with van der Waals surface area (Å²) in [7, 11) is 0. The standard InChI is InChI=1S/C20H20N2O5/c23-18(24)11-21-19(25)14-7-9-15(10-8-14)22-20(26)16-3-1-2-4-17(16)27-12-13-5-6-13/h1-4,7-10,13H,5-6,11-12H2,(H,21,25)(H,22,26)(H,23,24). The first-order valence-electron chi connectivity index (χ1n) is 8.66. The van der Waals surface area contributed by atoms with Crippen LogP contribution in [0.4, 0.5) is 5.69 Å². The van der Waals surface area contributed by atoms with Crippen molar-refractivity contribution in [3.05, 3.63) is 59.7 Å². The third kappa shape index (κ3) is 5.31. The summed E-state index contributed by atoms with van der Waals surface area (Å²) in [5.41, 5.74) is 1.27. The third-order valence-corrected chi connectivity index (χ3v) is 4.11. The van der Waals surface area contributed by atoms with Crippen LogP contribution in [0.2, 0.25) is 0 Å². The van der Waals surface area contributed by atoms with E-state index in [2.05, 4.69) is 10.6 Å². The summed E-state index contributed by atoms with van der Waals surface area (Å²) < 4.78 is 5.75. The summed E-state index contributed by atoms with van der Waals surface area (Å²) in [6, 6.07) is 13.3. The van der Waals surface area contributed by atoms with Gasteiger partial charge in [0.1, 0.15) is 12.3 Å². The van der Waals surface area contributed by atoms with E-state index in [4.69, 9.17) is 9.84 Å². The smallest absolute Gasteiger partial charge is 0.322 e. The Balaban J connectivity index is 1.62. The Hall–Kier alpha value is -3.35. The highest BCUT2D eigenvalue weighted by Gasteiger charge is 2.23. The molecule has 1 aliphatic carbocycles. The molecule has 1 saturated carbocycles. The summed E-state index contributed by atoms with van der Waals surface area (Å²) in [5.74, 6) is -0.777. The minimum Gasteiger partial charge on any atom is -0.492 e. The maximum Gasteiger partial charge on any atom is 0.322 e. The van der Waals surface area contributed by atoms with Gasteiger partial charge in [0.25, 0.3) is 11.8 Å². The van der Waals surface area contributed by atoms with Crippen LogP contribution in [0.1, 0.15) is 33.6 Å². The van der Waals surface area contributed by atoms with Gasteiger partial charge in [-0.1, -0.05) is 12.1 Å². The molecule has 2 amide bonds. The van der Waals surface area contributed by atoms with Gasteiger partial charge in [0, 0.05) is 11.3 Å². The fourth-order valence-electron chi connectivity index (χ4n) is 2.43. The molecule has 7 heteroatoms. The molecular weight excluding hydrogens is 348 g/mol. The van der Waals surface area contributed by atoms with E-state index in [-0.39, 0.29) is 5.91 Å². The molecule has 0 atom stereocenters. The lowest BCUT2D eigenvalue weighted by Crippen LogP contribution is -2.29. The van der Waals surface area contributed by atoms with Crippen molar-refractivity contribution in [3.63, 3.8) is 0 Å². The molecule has 0 spiro atoms. The first-order chi connectivity index (χ1) is 13.0. The number of carboxylic acid groups (broad SMARTS) is 1. The number of hydrogen-bond acceptors (Lipinski definition) is 4. The molecule has 7 nitrogen and oxygen atoms in total. The van der Waals surface area contributed by atoms with E-state index in [1.54, 1.807) is 30.3 Å². The Morgan fingerprint density at radius 3 is 2.37 bits per heavy atom. The second-order valence-electron chi connectivity index (χ2n) is 6.36.